The molecule has 3 heterocycles. The minimum Gasteiger partial charge on any atom is -0.415 e. The fourth-order valence-electron chi connectivity index (χ4n) is 2.96. The number of amides is 1. The zero-order valence-electron chi connectivity index (χ0n) is 15.8. The van der Waals surface area contributed by atoms with Crippen LogP contribution in [-0.2, 0) is 4.79 Å². The highest BCUT2D eigenvalue weighted by Crippen LogP contribution is 2.37. The molecule has 9 nitrogen and oxygen atoms in total. The Balaban J connectivity index is 1.62. The Hall–Kier alpha value is -3.57. The quantitative estimate of drug-likeness (QED) is 0.513. The van der Waals surface area contributed by atoms with E-state index in [0.717, 1.165) is 0 Å². The van der Waals surface area contributed by atoms with Gasteiger partial charge in [-0.2, -0.15) is 18.4 Å². The van der Waals surface area contributed by atoms with E-state index in [2.05, 4.69) is 35.8 Å². The Morgan fingerprint density at radius 3 is 2.90 bits per heavy atom. The van der Waals surface area contributed by atoms with Crippen molar-refractivity contribution in [1.29, 1.82) is 0 Å². The molecule has 1 aliphatic rings. The van der Waals surface area contributed by atoms with Crippen LogP contribution in [0.4, 0.5) is 36.2 Å². The topological polar surface area (TPSA) is 105 Å². The summed E-state index contributed by atoms with van der Waals surface area (Å²) in [5.74, 6) is -0.0625. The van der Waals surface area contributed by atoms with Gasteiger partial charge in [-0.15, -0.1) is 0 Å². The minimum absolute atomic E-state index is 0.0827. The molecule has 3 aromatic rings. The molecule has 0 aliphatic heterocycles. The van der Waals surface area contributed by atoms with Crippen molar-refractivity contribution < 1.29 is 22.7 Å². The van der Waals surface area contributed by atoms with Gasteiger partial charge < -0.3 is 20.7 Å². The third-order valence-corrected chi connectivity index (χ3v) is 4.52. The lowest BCUT2D eigenvalue weighted by Crippen LogP contribution is -2.13. The third-order valence-electron chi connectivity index (χ3n) is 4.52. The van der Waals surface area contributed by atoms with E-state index in [1.165, 1.54) is 23.0 Å². The lowest BCUT2D eigenvalue weighted by atomic mass is 10.3. The van der Waals surface area contributed by atoms with Gasteiger partial charge in [0.15, 0.2) is 5.65 Å². The van der Waals surface area contributed by atoms with Crippen molar-refractivity contribution in [1.82, 2.24) is 19.6 Å². The number of anilines is 4. The van der Waals surface area contributed by atoms with E-state index in [1.54, 1.807) is 19.2 Å². The van der Waals surface area contributed by atoms with Crippen molar-refractivity contribution in [2.24, 2.45) is 5.92 Å². The number of alkyl halides is 3. The van der Waals surface area contributed by atoms with Crippen molar-refractivity contribution in [2.75, 3.05) is 23.0 Å². The van der Waals surface area contributed by atoms with Crippen LogP contribution in [0.1, 0.15) is 12.8 Å². The number of ether oxygens (including phenoxy) is 1. The first-order valence-electron chi connectivity index (χ1n) is 9.12. The molecule has 1 fully saturated rings. The molecule has 3 aromatic heterocycles. The molecule has 0 radical (unpaired) electrons. The van der Waals surface area contributed by atoms with Crippen LogP contribution in [0.2, 0.25) is 0 Å². The molecule has 158 valence electrons. The first-order chi connectivity index (χ1) is 14.4. The highest BCUT2D eigenvalue weighted by molar-refractivity contribution is 5.95. The third kappa shape index (κ3) is 4.21. The highest BCUT2D eigenvalue weighted by atomic mass is 19.3. The molecule has 12 heteroatoms. The van der Waals surface area contributed by atoms with Gasteiger partial charge in [-0.3, -0.25) is 4.79 Å². The molecule has 0 saturated heterocycles. The fourth-order valence-corrected chi connectivity index (χ4v) is 2.96. The largest absolute Gasteiger partial charge is 0.415 e. The van der Waals surface area contributed by atoms with Crippen LogP contribution in [0.5, 0.6) is 5.88 Å². The molecule has 1 aliphatic carbocycles. The molecule has 0 unspecified atom stereocenters. The molecule has 2 atom stereocenters. The average Bonchev–Trinajstić information content (AvgIpc) is 3.24. The normalized spacial score (nSPS) is 17.8. The summed E-state index contributed by atoms with van der Waals surface area (Å²) in [5, 5.41) is 12.7. The van der Waals surface area contributed by atoms with Crippen LogP contribution in [-0.4, -0.2) is 45.3 Å². The summed E-state index contributed by atoms with van der Waals surface area (Å²) in [6.07, 6.45) is 2.31. The van der Waals surface area contributed by atoms with Crippen LogP contribution >= 0.6 is 0 Å². The molecule has 0 bridgehead atoms. The molecule has 0 spiro atoms. The Bertz CT molecular complexity index is 1080. The van der Waals surface area contributed by atoms with Gasteiger partial charge in [0.2, 0.25) is 11.8 Å². The van der Waals surface area contributed by atoms with E-state index >= 15 is 0 Å². The lowest BCUT2D eigenvalue weighted by molar-refractivity contribution is -0.116. The molecule has 30 heavy (non-hydrogen) atoms. The second-order valence-corrected chi connectivity index (χ2v) is 6.69. The zero-order chi connectivity index (χ0) is 21.3. The van der Waals surface area contributed by atoms with Gasteiger partial charge in [-0.25, -0.2) is 14.4 Å². The van der Waals surface area contributed by atoms with E-state index in [9.17, 15) is 18.0 Å². The highest BCUT2D eigenvalue weighted by Gasteiger charge is 2.38. The van der Waals surface area contributed by atoms with Crippen molar-refractivity contribution in [2.45, 2.75) is 25.6 Å². The number of hydrogen-bond acceptors (Lipinski definition) is 7. The molecular weight excluding hydrogens is 403 g/mol. The van der Waals surface area contributed by atoms with E-state index in [0.29, 0.717) is 23.6 Å². The van der Waals surface area contributed by atoms with Gasteiger partial charge in [0.25, 0.3) is 0 Å². The first kappa shape index (κ1) is 19.7. The standard InChI is InChI=1S/C18H18F3N7O2/c1-22-14-7-13(25-11-3-2-4-23-17(11)30-18(20)21)27-16-12(8-24-28(14)16)26-15(29)6-9-5-10(9)19/h2-4,7-10,18,22H,5-6H2,1H3,(H,25,27)(H,26,29)/t9-,10-/m0/s1. The van der Waals surface area contributed by atoms with Crippen molar-refractivity contribution in [3.05, 3.63) is 30.6 Å². The number of hydrogen-bond donors (Lipinski definition) is 3. The summed E-state index contributed by atoms with van der Waals surface area (Å²) in [7, 11) is 1.67. The Kier molecular flexibility index (Phi) is 5.29. The Labute approximate surface area is 168 Å². The van der Waals surface area contributed by atoms with E-state index in [4.69, 9.17) is 0 Å². The van der Waals surface area contributed by atoms with Crippen LogP contribution in [0.15, 0.2) is 30.6 Å². The van der Waals surface area contributed by atoms with Gasteiger partial charge in [0.05, 0.1) is 6.20 Å². The van der Waals surface area contributed by atoms with Crippen LogP contribution in [0.3, 0.4) is 0 Å². The molecule has 1 saturated carbocycles. The predicted molar refractivity (Wildman–Crippen MR) is 103 cm³/mol. The van der Waals surface area contributed by atoms with E-state index in [-0.39, 0.29) is 35.6 Å². The molecule has 0 aromatic carbocycles. The number of nitrogens with one attached hydrogen (secondary N) is 3. The molecule has 1 amide bonds. The van der Waals surface area contributed by atoms with Gasteiger partial charge in [-0.05, 0) is 18.6 Å². The first-order valence-corrected chi connectivity index (χ1v) is 9.12. The van der Waals surface area contributed by atoms with Gasteiger partial charge >= 0.3 is 6.61 Å². The summed E-state index contributed by atoms with van der Waals surface area (Å²) in [4.78, 5) is 20.4. The van der Waals surface area contributed by atoms with Crippen molar-refractivity contribution in [3.8, 4) is 5.88 Å². The Morgan fingerprint density at radius 2 is 2.20 bits per heavy atom. The summed E-state index contributed by atoms with van der Waals surface area (Å²) >= 11 is 0. The maximum atomic E-state index is 13.1. The second kappa shape index (κ2) is 8.05. The second-order valence-electron chi connectivity index (χ2n) is 6.69. The summed E-state index contributed by atoms with van der Waals surface area (Å²) in [6.45, 7) is -3.03. The number of carbonyl (C=O) groups excluding carboxylic acids is 1. The lowest BCUT2D eigenvalue weighted by Gasteiger charge is -2.13. The van der Waals surface area contributed by atoms with Crippen molar-refractivity contribution in [3.63, 3.8) is 0 Å². The number of halogens is 3. The van der Waals surface area contributed by atoms with E-state index < -0.39 is 12.8 Å². The SMILES string of the molecule is CNc1cc(Nc2cccnc2OC(F)F)nc2c(NC(=O)C[C@@H]3C[C@@H]3F)cnn12. The number of aromatic nitrogens is 4. The molecule has 3 N–H and O–H groups in total. The van der Waals surface area contributed by atoms with Crippen LogP contribution < -0.4 is 20.7 Å². The molecule has 4 rings (SSSR count). The van der Waals surface area contributed by atoms with Crippen LogP contribution in [0, 0.1) is 5.92 Å². The predicted octanol–water partition coefficient (Wildman–Crippen LogP) is 3.20. The minimum atomic E-state index is -3.03. The number of rotatable bonds is 8. The fraction of sp³-hybridized carbons (Fsp3) is 0.333. The summed E-state index contributed by atoms with van der Waals surface area (Å²) < 4.78 is 44.2. The number of pyridine rings is 1. The number of carbonyl (C=O) groups is 1. The maximum Gasteiger partial charge on any atom is 0.388 e. The average molecular weight is 421 g/mol. The molecular formula is C18H18F3N7O2. The van der Waals surface area contributed by atoms with Gasteiger partial charge in [0, 0.05) is 31.6 Å². The zero-order valence-corrected chi connectivity index (χ0v) is 15.8. The number of fused-ring (bicyclic) bond motifs is 1. The van der Waals surface area contributed by atoms with Gasteiger partial charge in [-0.1, -0.05) is 0 Å². The summed E-state index contributed by atoms with van der Waals surface area (Å²) in [5.41, 5.74) is 0.835. The van der Waals surface area contributed by atoms with Crippen LogP contribution in [0.25, 0.3) is 5.65 Å². The van der Waals surface area contributed by atoms with E-state index in [1.807, 2.05) is 0 Å². The Morgan fingerprint density at radius 1 is 1.40 bits per heavy atom. The monoisotopic (exact) mass is 421 g/mol. The summed E-state index contributed by atoms with van der Waals surface area (Å²) in [6, 6.07) is 4.67. The number of nitrogens with zero attached hydrogens (tertiary/aromatic N) is 4. The smallest absolute Gasteiger partial charge is 0.388 e. The maximum absolute atomic E-state index is 13.1. The van der Waals surface area contributed by atoms with Crippen molar-refractivity contribution >= 4 is 34.6 Å². The van der Waals surface area contributed by atoms with Gasteiger partial charge in [0.1, 0.15) is 29.2 Å².